The lowest BCUT2D eigenvalue weighted by Gasteiger charge is -2.58. The summed E-state index contributed by atoms with van der Waals surface area (Å²) in [5.74, 6) is 2.40. The first-order chi connectivity index (χ1) is 13.5. The summed E-state index contributed by atoms with van der Waals surface area (Å²) in [6.45, 7) is 7.51. The first-order valence-corrected chi connectivity index (χ1v) is 11.5. The van der Waals surface area contributed by atoms with E-state index in [0.717, 1.165) is 44.5 Å². The first kappa shape index (κ1) is 20.2. The molecule has 0 saturated heterocycles. The number of fused-ring (bicyclic) bond motifs is 5. The average Bonchev–Trinajstić information content (AvgIpc) is 3.05. The zero-order valence-corrected chi connectivity index (χ0v) is 18.2. The summed E-state index contributed by atoms with van der Waals surface area (Å²) in [5, 5.41) is 11.8. The predicted octanol–water partition coefficient (Wildman–Crippen LogP) is 5.49. The van der Waals surface area contributed by atoms with Gasteiger partial charge in [-0.25, -0.2) is 0 Å². The lowest BCUT2D eigenvalue weighted by Crippen LogP contribution is -2.56. The van der Waals surface area contributed by atoms with Crippen LogP contribution in [0.15, 0.2) is 18.2 Å². The van der Waals surface area contributed by atoms with Crippen molar-refractivity contribution in [3.63, 3.8) is 0 Å². The molecule has 0 aromatic heterocycles. The molecule has 3 nitrogen and oxygen atoms in total. The number of benzene rings is 1. The van der Waals surface area contributed by atoms with Crippen molar-refractivity contribution < 1.29 is 14.6 Å². The van der Waals surface area contributed by atoms with E-state index < -0.39 is 5.60 Å². The Hall–Kier alpha value is -1.06. The van der Waals surface area contributed by atoms with Gasteiger partial charge in [-0.3, -0.25) is 0 Å². The molecule has 2 saturated carbocycles. The number of rotatable bonds is 6. The Bertz CT molecular complexity index is 697. The maximum Gasteiger partial charge on any atom is 0.119 e. The molecule has 0 spiro atoms. The van der Waals surface area contributed by atoms with Gasteiger partial charge in [0.05, 0.1) is 18.8 Å². The van der Waals surface area contributed by atoms with Gasteiger partial charge in [-0.15, -0.1) is 0 Å². The van der Waals surface area contributed by atoms with Gasteiger partial charge in [0, 0.05) is 17.9 Å². The number of hydrogen-bond acceptors (Lipinski definition) is 3. The van der Waals surface area contributed by atoms with Crippen molar-refractivity contribution in [2.24, 2.45) is 17.3 Å². The van der Waals surface area contributed by atoms with Crippen LogP contribution in [0.1, 0.15) is 82.8 Å². The second-order valence-corrected chi connectivity index (χ2v) is 9.76. The van der Waals surface area contributed by atoms with Crippen molar-refractivity contribution in [2.75, 3.05) is 13.7 Å². The van der Waals surface area contributed by atoms with Crippen molar-refractivity contribution in [3.05, 3.63) is 29.3 Å². The van der Waals surface area contributed by atoms with Crippen LogP contribution in [0, 0.1) is 17.3 Å². The smallest absolute Gasteiger partial charge is 0.119 e. The summed E-state index contributed by atoms with van der Waals surface area (Å²) in [4.78, 5) is 0. The van der Waals surface area contributed by atoms with Crippen LogP contribution in [0.5, 0.6) is 5.75 Å². The summed E-state index contributed by atoms with van der Waals surface area (Å²) in [6.07, 6.45) is 9.31. The van der Waals surface area contributed by atoms with Crippen LogP contribution >= 0.6 is 0 Å². The van der Waals surface area contributed by atoms with Gasteiger partial charge in [0.1, 0.15) is 5.75 Å². The maximum absolute atomic E-state index is 11.8. The molecule has 28 heavy (non-hydrogen) atoms. The number of aliphatic hydroxyl groups is 1. The summed E-state index contributed by atoms with van der Waals surface area (Å²) < 4.78 is 11.9. The first-order valence-electron chi connectivity index (χ1n) is 11.5. The molecule has 6 atom stereocenters. The molecule has 0 heterocycles. The van der Waals surface area contributed by atoms with Gasteiger partial charge in [-0.2, -0.15) is 0 Å². The van der Waals surface area contributed by atoms with Crippen molar-refractivity contribution in [1.29, 1.82) is 0 Å². The molecule has 4 rings (SSSR count). The lowest BCUT2D eigenvalue weighted by molar-refractivity contribution is -0.151. The van der Waals surface area contributed by atoms with Crippen LogP contribution in [0.4, 0.5) is 0 Å². The second kappa shape index (κ2) is 7.65. The normalized spacial score (nSPS) is 39.2. The van der Waals surface area contributed by atoms with Gasteiger partial charge in [-0.05, 0) is 87.0 Å². The van der Waals surface area contributed by atoms with E-state index in [2.05, 4.69) is 39.0 Å². The minimum atomic E-state index is -0.683. The Kier molecular flexibility index (Phi) is 5.52. The van der Waals surface area contributed by atoms with E-state index in [9.17, 15) is 5.11 Å². The van der Waals surface area contributed by atoms with Gasteiger partial charge in [0.15, 0.2) is 0 Å². The Morgan fingerprint density at radius 3 is 2.71 bits per heavy atom. The maximum atomic E-state index is 11.8. The van der Waals surface area contributed by atoms with E-state index in [1.54, 1.807) is 7.11 Å². The molecule has 156 valence electrons. The van der Waals surface area contributed by atoms with Crippen LogP contribution in [-0.2, 0) is 11.2 Å². The fourth-order valence-electron chi connectivity index (χ4n) is 7.22. The third kappa shape index (κ3) is 3.10. The fourth-order valence-corrected chi connectivity index (χ4v) is 7.22. The van der Waals surface area contributed by atoms with E-state index in [1.807, 2.05) is 0 Å². The highest BCUT2D eigenvalue weighted by atomic mass is 16.5. The second-order valence-electron chi connectivity index (χ2n) is 9.76. The molecule has 3 unspecified atom stereocenters. The van der Waals surface area contributed by atoms with E-state index in [0.29, 0.717) is 17.9 Å². The summed E-state index contributed by atoms with van der Waals surface area (Å²) >= 11 is 0. The van der Waals surface area contributed by atoms with Crippen molar-refractivity contribution >= 4 is 0 Å². The molecule has 3 aliphatic carbocycles. The third-order valence-corrected chi connectivity index (χ3v) is 8.33. The van der Waals surface area contributed by atoms with Crippen LogP contribution in [0.2, 0.25) is 0 Å². The van der Waals surface area contributed by atoms with Gasteiger partial charge < -0.3 is 14.6 Å². The minimum Gasteiger partial charge on any atom is -0.497 e. The molecule has 3 heteroatoms. The monoisotopic (exact) mass is 386 g/mol. The van der Waals surface area contributed by atoms with Crippen LogP contribution in [-0.4, -0.2) is 30.5 Å². The van der Waals surface area contributed by atoms with E-state index in [-0.39, 0.29) is 11.3 Å². The minimum absolute atomic E-state index is 0.141. The standard InChI is InChI=1S/C25H38O3/c1-5-7-14-28-22-13-12-21-20-10-8-17-15-18(27-4)9-11-19(17)23(20)24(3,26)16-25(21,22)6-2/h9,11,15,20-23,26H,5-8,10,12-14,16H2,1-4H3/t20?,21?,22-,23?,24-,25-/m0/s1. The molecule has 3 aliphatic rings. The predicted molar refractivity (Wildman–Crippen MR) is 113 cm³/mol. The topological polar surface area (TPSA) is 38.7 Å². The average molecular weight is 387 g/mol. The zero-order chi connectivity index (χ0) is 19.9. The highest BCUT2D eigenvalue weighted by Crippen LogP contribution is 2.65. The number of hydrogen-bond donors (Lipinski definition) is 1. The lowest BCUT2D eigenvalue weighted by atomic mass is 9.49. The molecule has 0 radical (unpaired) electrons. The fraction of sp³-hybridized carbons (Fsp3) is 0.760. The van der Waals surface area contributed by atoms with E-state index in [4.69, 9.17) is 9.47 Å². The van der Waals surface area contributed by atoms with Gasteiger partial charge in [0.2, 0.25) is 0 Å². The summed E-state index contributed by atoms with van der Waals surface area (Å²) in [5.41, 5.74) is 2.20. The number of unbranched alkanes of at least 4 members (excludes halogenated alkanes) is 1. The molecule has 0 bridgehead atoms. The summed E-state index contributed by atoms with van der Waals surface area (Å²) in [7, 11) is 1.73. The number of ether oxygens (including phenoxy) is 2. The molecular weight excluding hydrogens is 348 g/mol. The zero-order valence-electron chi connectivity index (χ0n) is 18.2. The van der Waals surface area contributed by atoms with Gasteiger partial charge in [0.25, 0.3) is 0 Å². The number of aryl methyl sites for hydroxylation is 1. The highest BCUT2D eigenvalue weighted by molar-refractivity contribution is 5.42. The Morgan fingerprint density at radius 2 is 2.00 bits per heavy atom. The van der Waals surface area contributed by atoms with E-state index >= 15 is 0 Å². The van der Waals surface area contributed by atoms with Crippen molar-refractivity contribution in [2.45, 2.75) is 89.8 Å². The molecule has 1 aromatic rings. The molecular formula is C25H38O3. The highest BCUT2D eigenvalue weighted by Gasteiger charge is 2.62. The van der Waals surface area contributed by atoms with E-state index in [1.165, 1.54) is 30.4 Å². The Balaban J connectivity index is 1.68. The van der Waals surface area contributed by atoms with Gasteiger partial charge >= 0.3 is 0 Å². The largest absolute Gasteiger partial charge is 0.497 e. The molecule has 0 aliphatic heterocycles. The summed E-state index contributed by atoms with van der Waals surface area (Å²) in [6, 6.07) is 6.49. The number of methoxy groups -OCH3 is 1. The quantitative estimate of drug-likeness (QED) is 0.657. The van der Waals surface area contributed by atoms with Crippen LogP contribution in [0.25, 0.3) is 0 Å². The molecule has 1 N–H and O–H groups in total. The Labute approximate surface area is 170 Å². The Morgan fingerprint density at radius 1 is 1.18 bits per heavy atom. The van der Waals surface area contributed by atoms with Crippen molar-refractivity contribution in [1.82, 2.24) is 0 Å². The molecule has 2 fully saturated rings. The molecule has 1 aromatic carbocycles. The molecule has 0 amide bonds. The van der Waals surface area contributed by atoms with Gasteiger partial charge in [-0.1, -0.05) is 26.3 Å². The SMILES string of the molecule is CCCCO[C@H]1CCC2C3CCc4cc(OC)ccc4C3[C@@](C)(O)C[C@@]21CC. The van der Waals surface area contributed by atoms with Crippen LogP contribution in [0.3, 0.4) is 0 Å². The van der Waals surface area contributed by atoms with Crippen LogP contribution < -0.4 is 4.74 Å². The van der Waals surface area contributed by atoms with Crippen molar-refractivity contribution in [3.8, 4) is 5.75 Å². The third-order valence-electron chi connectivity index (χ3n) is 8.33.